The highest BCUT2D eigenvalue weighted by molar-refractivity contribution is 5.85. The molecule has 0 bridgehead atoms. The van der Waals surface area contributed by atoms with Crippen LogP contribution in [0.3, 0.4) is 0 Å². The third-order valence-corrected chi connectivity index (χ3v) is 2.38. The van der Waals surface area contributed by atoms with Crippen molar-refractivity contribution in [1.82, 2.24) is 9.55 Å². The van der Waals surface area contributed by atoms with Crippen molar-refractivity contribution in [2.45, 2.75) is 26.2 Å². The van der Waals surface area contributed by atoms with E-state index >= 15 is 0 Å². The molecule has 0 fully saturated rings. The number of nitro groups is 1. The Morgan fingerprint density at radius 3 is 2.80 bits per heavy atom. The Morgan fingerprint density at radius 1 is 1.73 bits per heavy atom. The van der Waals surface area contributed by atoms with Gasteiger partial charge in [0, 0.05) is 13.5 Å². The van der Waals surface area contributed by atoms with Gasteiger partial charge in [-0.3, -0.25) is 4.79 Å². The Hall–Kier alpha value is -1.72. The zero-order chi connectivity index (χ0) is 11.6. The van der Waals surface area contributed by atoms with Gasteiger partial charge in [0.15, 0.2) is 0 Å². The molecular formula is C9H13N3O3. The molecule has 0 saturated carbocycles. The van der Waals surface area contributed by atoms with Crippen LogP contribution in [-0.2, 0) is 11.8 Å². The predicted octanol–water partition coefficient (Wildman–Crippen LogP) is 1.41. The molecule has 82 valence electrons. The largest absolute Gasteiger partial charge is 0.385 e. The zero-order valence-corrected chi connectivity index (χ0v) is 8.93. The fourth-order valence-corrected chi connectivity index (χ4v) is 1.53. The van der Waals surface area contributed by atoms with E-state index in [-0.39, 0.29) is 11.6 Å². The van der Waals surface area contributed by atoms with Gasteiger partial charge in [-0.1, -0.05) is 6.92 Å². The average molecular weight is 211 g/mol. The second kappa shape index (κ2) is 4.20. The molecule has 0 aliphatic heterocycles. The van der Waals surface area contributed by atoms with Gasteiger partial charge in [0.1, 0.15) is 11.5 Å². The van der Waals surface area contributed by atoms with Crippen LogP contribution in [0.15, 0.2) is 6.33 Å². The van der Waals surface area contributed by atoms with Gasteiger partial charge in [0.2, 0.25) is 6.33 Å². The van der Waals surface area contributed by atoms with Crippen LogP contribution in [-0.4, -0.2) is 20.3 Å². The Bertz CT molecular complexity index is 397. The summed E-state index contributed by atoms with van der Waals surface area (Å²) in [6.07, 6.45) is 1.72. The molecular weight excluding hydrogens is 198 g/mol. The van der Waals surface area contributed by atoms with Crippen molar-refractivity contribution < 1.29 is 9.72 Å². The zero-order valence-electron chi connectivity index (χ0n) is 8.93. The van der Waals surface area contributed by atoms with E-state index in [0.29, 0.717) is 12.1 Å². The number of aromatic nitrogens is 2. The Labute approximate surface area is 87.1 Å². The highest BCUT2D eigenvalue weighted by Gasteiger charge is 2.28. The fourth-order valence-electron chi connectivity index (χ4n) is 1.53. The van der Waals surface area contributed by atoms with Crippen molar-refractivity contribution in [3.05, 3.63) is 22.1 Å². The lowest BCUT2D eigenvalue weighted by Crippen LogP contribution is -2.12. The molecule has 0 aliphatic carbocycles. The van der Waals surface area contributed by atoms with Crippen LogP contribution >= 0.6 is 0 Å². The van der Waals surface area contributed by atoms with Crippen LogP contribution < -0.4 is 0 Å². The lowest BCUT2D eigenvalue weighted by Gasteiger charge is -2.08. The van der Waals surface area contributed by atoms with Crippen molar-refractivity contribution in [3.63, 3.8) is 0 Å². The first-order chi connectivity index (χ1) is 6.99. The molecule has 1 heterocycles. The van der Waals surface area contributed by atoms with Crippen LogP contribution in [0.4, 0.5) is 5.82 Å². The third kappa shape index (κ3) is 2.03. The number of hydrogen-bond donors (Lipinski definition) is 0. The number of hydrogen-bond acceptors (Lipinski definition) is 4. The fraction of sp³-hybridized carbons (Fsp3) is 0.556. The number of rotatable bonds is 4. The number of ketones is 1. The van der Waals surface area contributed by atoms with Crippen LogP contribution in [0.5, 0.6) is 0 Å². The summed E-state index contributed by atoms with van der Waals surface area (Å²) in [6, 6.07) is 0. The van der Waals surface area contributed by atoms with Crippen LogP contribution in [0.1, 0.15) is 31.9 Å². The molecule has 0 saturated heterocycles. The normalized spacial score (nSPS) is 12.5. The third-order valence-electron chi connectivity index (χ3n) is 2.38. The standard InChI is InChI=1S/C9H13N3O3/c1-4-7(13)6(2)8-9(12(14)15)10-5-11(8)3/h5-6H,4H2,1-3H3. The summed E-state index contributed by atoms with van der Waals surface area (Å²) in [4.78, 5) is 25.2. The molecule has 1 aromatic rings. The lowest BCUT2D eigenvalue weighted by molar-refractivity contribution is -0.390. The van der Waals surface area contributed by atoms with Gasteiger partial charge in [0.05, 0.1) is 5.92 Å². The predicted molar refractivity (Wildman–Crippen MR) is 53.6 cm³/mol. The Kier molecular flexibility index (Phi) is 3.18. The minimum atomic E-state index is -0.561. The Morgan fingerprint density at radius 2 is 2.33 bits per heavy atom. The maximum Gasteiger partial charge on any atom is 0.385 e. The van der Waals surface area contributed by atoms with Gasteiger partial charge in [-0.05, 0) is 16.8 Å². The van der Waals surface area contributed by atoms with Crippen molar-refractivity contribution in [2.24, 2.45) is 7.05 Å². The molecule has 0 radical (unpaired) electrons. The van der Waals surface area contributed by atoms with Crippen molar-refractivity contribution in [2.75, 3.05) is 0 Å². The van der Waals surface area contributed by atoms with Crippen molar-refractivity contribution in [1.29, 1.82) is 0 Å². The first kappa shape index (κ1) is 11.4. The average Bonchev–Trinajstić information content (AvgIpc) is 2.58. The minimum Gasteiger partial charge on any atom is -0.358 e. The maximum atomic E-state index is 11.5. The van der Waals surface area contributed by atoms with E-state index < -0.39 is 10.8 Å². The molecule has 0 N–H and O–H groups in total. The minimum absolute atomic E-state index is 0.0262. The lowest BCUT2D eigenvalue weighted by atomic mass is 10.0. The van der Waals surface area contributed by atoms with E-state index in [4.69, 9.17) is 0 Å². The summed E-state index contributed by atoms with van der Waals surface area (Å²) in [5.41, 5.74) is 0.367. The number of carbonyl (C=O) groups is 1. The number of nitrogens with zero attached hydrogens (tertiary/aromatic N) is 3. The van der Waals surface area contributed by atoms with E-state index in [1.165, 1.54) is 10.9 Å². The van der Waals surface area contributed by atoms with E-state index in [2.05, 4.69) is 4.98 Å². The van der Waals surface area contributed by atoms with E-state index in [9.17, 15) is 14.9 Å². The maximum absolute atomic E-state index is 11.5. The smallest absolute Gasteiger partial charge is 0.358 e. The summed E-state index contributed by atoms with van der Waals surface area (Å²) in [5, 5.41) is 10.7. The number of imidazole rings is 1. The highest BCUT2D eigenvalue weighted by Crippen LogP contribution is 2.25. The molecule has 1 atom stereocenters. The van der Waals surface area contributed by atoms with Gasteiger partial charge in [-0.2, -0.15) is 0 Å². The molecule has 0 amide bonds. The number of Topliss-reactive ketones (excluding diaryl/α,β-unsaturated/α-hetero) is 1. The summed E-state index contributed by atoms with van der Waals surface area (Å²) >= 11 is 0. The van der Waals surface area contributed by atoms with Crippen molar-refractivity contribution >= 4 is 11.6 Å². The van der Waals surface area contributed by atoms with E-state index in [0.717, 1.165) is 0 Å². The van der Waals surface area contributed by atoms with E-state index in [1.54, 1.807) is 20.9 Å². The molecule has 0 aromatic carbocycles. The topological polar surface area (TPSA) is 78.0 Å². The van der Waals surface area contributed by atoms with Crippen LogP contribution in [0.25, 0.3) is 0 Å². The van der Waals surface area contributed by atoms with Crippen molar-refractivity contribution in [3.8, 4) is 0 Å². The summed E-state index contributed by atoms with van der Waals surface area (Å²) in [5.74, 6) is -0.739. The molecule has 1 unspecified atom stereocenters. The SMILES string of the molecule is CCC(=O)C(C)c1c([N+](=O)[O-])ncn1C. The second-order valence-electron chi connectivity index (χ2n) is 3.36. The van der Waals surface area contributed by atoms with Gasteiger partial charge < -0.3 is 14.7 Å². The quantitative estimate of drug-likeness (QED) is 0.557. The molecule has 15 heavy (non-hydrogen) atoms. The highest BCUT2D eigenvalue weighted by atomic mass is 16.6. The summed E-state index contributed by atoms with van der Waals surface area (Å²) in [7, 11) is 1.65. The van der Waals surface area contributed by atoms with Gasteiger partial charge in [0.25, 0.3) is 0 Å². The Balaban J connectivity index is 3.17. The summed E-state index contributed by atoms with van der Waals surface area (Å²) in [6.45, 7) is 3.40. The van der Waals surface area contributed by atoms with Crippen LogP contribution in [0.2, 0.25) is 0 Å². The number of carbonyl (C=O) groups excluding carboxylic acids is 1. The van der Waals surface area contributed by atoms with Gasteiger partial charge >= 0.3 is 5.82 Å². The molecule has 1 rings (SSSR count). The monoisotopic (exact) mass is 211 g/mol. The molecule has 0 aliphatic rings. The molecule has 1 aromatic heterocycles. The molecule has 6 nitrogen and oxygen atoms in total. The van der Waals surface area contributed by atoms with E-state index in [1.807, 2.05) is 0 Å². The summed E-state index contributed by atoms with van der Waals surface area (Å²) < 4.78 is 1.52. The van der Waals surface area contributed by atoms with Crippen LogP contribution in [0, 0.1) is 10.1 Å². The second-order valence-corrected chi connectivity index (χ2v) is 3.36. The molecule has 0 spiro atoms. The number of aryl methyl sites for hydroxylation is 1. The van der Waals surface area contributed by atoms with Gasteiger partial charge in [-0.15, -0.1) is 0 Å². The first-order valence-electron chi connectivity index (χ1n) is 4.67. The molecule has 6 heteroatoms. The van der Waals surface area contributed by atoms with Gasteiger partial charge in [-0.25, -0.2) is 0 Å². The first-order valence-corrected chi connectivity index (χ1v) is 4.67.